The normalized spacial score (nSPS) is 13.8. The number of hydrogen-bond acceptors (Lipinski definition) is 6. The molecule has 3 heterocycles. The summed E-state index contributed by atoms with van der Waals surface area (Å²) < 4.78 is 14.8. The van der Waals surface area contributed by atoms with E-state index in [1.165, 1.54) is 34.6 Å². The maximum Gasteiger partial charge on any atom is 0.257 e. The summed E-state index contributed by atoms with van der Waals surface area (Å²) in [7, 11) is 3.54. The maximum atomic E-state index is 13.6. The smallest absolute Gasteiger partial charge is 0.257 e. The average Bonchev–Trinajstić information content (AvgIpc) is 3.43. The van der Waals surface area contributed by atoms with Crippen LogP contribution in [0.1, 0.15) is 33.2 Å². The van der Waals surface area contributed by atoms with E-state index in [0.717, 1.165) is 11.1 Å². The lowest BCUT2D eigenvalue weighted by Crippen LogP contribution is -2.37. The van der Waals surface area contributed by atoms with Gasteiger partial charge in [-0.1, -0.05) is 12.1 Å². The van der Waals surface area contributed by atoms with Crippen molar-refractivity contribution < 1.29 is 19.1 Å². The van der Waals surface area contributed by atoms with Gasteiger partial charge < -0.3 is 19.9 Å². The Morgan fingerprint density at radius 1 is 1.18 bits per heavy atom. The van der Waals surface area contributed by atoms with Gasteiger partial charge in [0.1, 0.15) is 17.9 Å². The molecule has 196 valence electrons. The van der Waals surface area contributed by atoms with Crippen LogP contribution in [0.3, 0.4) is 0 Å². The summed E-state index contributed by atoms with van der Waals surface area (Å²) in [6.07, 6.45) is 0.783. The fraction of sp³-hybridized carbons (Fsp3) is 0.250. The number of anilines is 1. The quantitative estimate of drug-likeness (QED) is 0.362. The van der Waals surface area contributed by atoms with Crippen molar-refractivity contribution in [2.75, 3.05) is 25.5 Å². The molecule has 10 heteroatoms. The number of hydrogen-bond donors (Lipinski definition) is 2. The van der Waals surface area contributed by atoms with Gasteiger partial charge in [-0.3, -0.25) is 19.3 Å². The van der Waals surface area contributed by atoms with Crippen molar-refractivity contribution in [2.24, 2.45) is 0 Å². The molecule has 8 nitrogen and oxygen atoms in total. The van der Waals surface area contributed by atoms with Gasteiger partial charge in [0.25, 0.3) is 5.91 Å². The Labute approximate surface area is 222 Å². The molecule has 0 radical (unpaired) electrons. The first kappa shape index (κ1) is 25.8. The molecular formula is C28H27FN4O4S. The van der Waals surface area contributed by atoms with E-state index >= 15 is 0 Å². The number of thiophene rings is 1. The molecule has 1 atom stereocenters. The number of aromatic nitrogens is 1. The van der Waals surface area contributed by atoms with E-state index < -0.39 is 17.4 Å². The van der Waals surface area contributed by atoms with E-state index in [-0.39, 0.29) is 30.4 Å². The fourth-order valence-corrected chi connectivity index (χ4v) is 5.42. The van der Waals surface area contributed by atoms with Gasteiger partial charge in [0.2, 0.25) is 11.3 Å². The lowest BCUT2D eigenvalue weighted by atomic mass is 10.0. The maximum absolute atomic E-state index is 13.6. The highest BCUT2D eigenvalue weighted by molar-refractivity contribution is 7.07. The zero-order valence-electron chi connectivity index (χ0n) is 21.0. The Hall–Kier alpha value is -3.86. The zero-order valence-corrected chi connectivity index (χ0v) is 21.8. The molecule has 0 saturated carbocycles. The standard InChI is InChI=1S/C28H27FN4O4S/c1-31(14-24(34)19-7-8-38-16-19)12-18-9-21-26-23(10-18)32(2)25(35)15-33(26)13-22(27(21)36)28(37)30-11-17-3-5-20(29)6-4-17/h3-10,13,16,24,34H,11-12,14-15H2,1-2H3,(H,30,37)/t24-/m1/s1. The molecule has 0 fully saturated rings. The predicted octanol–water partition coefficient (Wildman–Crippen LogP) is 3.27. The Kier molecular flexibility index (Phi) is 7.11. The number of amides is 2. The van der Waals surface area contributed by atoms with Crippen LogP contribution in [-0.4, -0.2) is 47.0 Å². The second kappa shape index (κ2) is 10.5. The van der Waals surface area contributed by atoms with Crippen molar-refractivity contribution in [2.45, 2.75) is 25.7 Å². The molecule has 0 unspecified atom stereocenters. The largest absolute Gasteiger partial charge is 0.387 e. The molecule has 2 aromatic heterocycles. The number of nitrogens with one attached hydrogen (secondary N) is 1. The molecule has 1 aliphatic heterocycles. The van der Waals surface area contributed by atoms with Crippen LogP contribution in [0.15, 0.2) is 64.2 Å². The van der Waals surface area contributed by atoms with Crippen molar-refractivity contribution in [3.05, 3.63) is 97.7 Å². The topological polar surface area (TPSA) is 94.9 Å². The average molecular weight is 535 g/mol. The van der Waals surface area contributed by atoms with Crippen LogP contribution >= 0.6 is 11.3 Å². The first-order chi connectivity index (χ1) is 18.2. The minimum absolute atomic E-state index is 0.00457. The van der Waals surface area contributed by atoms with Crippen LogP contribution in [0.4, 0.5) is 10.1 Å². The number of benzene rings is 2. The van der Waals surface area contributed by atoms with E-state index in [1.807, 2.05) is 34.8 Å². The van der Waals surface area contributed by atoms with E-state index in [0.29, 0.717) is 35.2 Å². The molecule has 0 aliphatic carbocycles. The van der Waals surface area contributed by atoms with E-state index in [1.54, 1.807) is 29.8 Å². The summed E-state index contributed by atoms with van der Waals surface area (Å²) in [5.41, 5.74) is 3.01. The van der Waals surface area contributed by atoms with Gasteiger partial charge in [-0.2, -0.15) is 11.3 Å². The number of likely N-dealkylation sites (N-methyl/N-ethyl adjacent to an activating group) is 2. The lowest BCUT2D eigenvalue weighted by Gasteiger charge is -2.29. The van der Waals surface area contributed by atoms with Crippen molar-refractivity contribution in [1.82, 2.24) is 14.8 Å². The second-order valence-electron chi connectivity index (χ2n) is 9.54. The highest BCUT2D eigenvalue weighted by atomic mass is 32.1. The molecule has 5 rings (SSSR count). The number of carbonyl (C=O) groups excluding carboxylic acids is 2. The van der Waals surface area contributed by atoms with Crippen molar-refractivity contribution >= 4 is 39.7 Å². The van der Waals surface area contributed by atoms with Crippen molar-refractivity contribution in [1.29, 1.82) is 0 Å². The number of halogens is 1. The molecule has 0 bridgehead atoms. The number of aliphatic hydroxyl groups is 1. The van der Waals surface area contributed by atoms with Gasteiger partial charge in [-0.05, 0) is 64.8 Å². The number of rotatable bonds is 8. The van der Waals surface area contributed by atoms with Crippen molar-refractivity contribution in [3.63, 3.8) is 0 Å². The Morgan fingerprint density at radius 3 is 2.66 bits per heavy atom. The molecule has 38 heavy (non-hydrogen) atoms. The van der Waals surface area contributed by atoms with E-state index in [2.05, 4.69) is 5.32 Å². The summed E-state index contributed by atoms with van der Waals surface area (Å²) >= 11 is 1.52. The fourth-order valence-electron chi connectivity index (χ4n) is 4.72. The van der Waals surface area contributed by atoms with Crippen LogP contribution in [0.2, 0.25) is 0 Å². The van der Waals surface area contributed by atoms with Gasteiger partial charge in [-0.25, -0.2) is 4.39 Å². The van der Waals surface area contributed by atoms with Gasteiger partial charge >= 0.3 is 0 Å². The number of pyridine rings is 1. The summed E-state index contributed by atoms with van der Waals surface area (Å²) in [6.45, 7) is 0.937. The summed E-state index contributed by atoms with van der Waals surface area (Å²) in [4.78, 5) is 42.8. The molecular weight excluding hydrogens is 507 g/mol. The lowest BCUT2D eigenvalue weighted by molar-refractivity contribution is -0.119. The highest BCUT2D eigenvalue weighted by Gasteiger charge is 2.27. The number of aliphatic hydroxyl groups excluding tert-OH is 1. The van der Waals surface area contributed by atoms with E-state index in [4.69, 9.17) is 0 Å². The molecule has 0 spiro atoms. The van der Waals surface area contributed by atoms with Gasteiger partial charge in [0.05, 0.1) is 17.3 Å². The minimum atomic E-state index is -0.650. The van der Waals surface area contributed by atoms with Gasteiger partial charge in [0.15, 0.2) is 0 Å². The van der Waals surface area contributed by atoms with Gasteiger partial charge in [0, 0.05) is 38.3 Å². The Bertz CT molecular complexity index is 1570. The Morgan fingerprint density at radius 2 is 1.95 bits per heavy atom. The molecule has 0 saturated heterocycles. The third kappa shape index (κ3) is 5.10. The van der Waals surface area contributed by atoms with Gasteiger partial charge in [-0.15, -0.1) is 0 Å². The highest BCUT2D eigenvalue weighted by Crippen LogP contribution is 2.31. The number of nitrogens with zero attached hydrogens (tertiary/aromatic N) is 3. The SMILES string of the molecule is CN(Cc1cc2c3c(c1)c(=O)c(C(=O)NCc1ccc(F)cc1)cn3CC(=O)N2C)C[C@@H](O)c1ccsc1. The molecule has 4 aromatic rings. The first-order valence-electron chi connectivity index (χ1n) is 12.1. The van der Waals surface area contributed by atoms with Crippen LogP contribution in [0.5, 0.6) is 0 Å². The van der Waals surface area contributed by atoms with Crippen LogP contribution in [0.25, 0.3) is 10.9 Å². The zero-order chi connectivity index (χ0) is 27.0. The third-order valence-corrected chi connectivity index (χ3v) is 7.43. The summed E-state index contributed by atoms with van der Waals surface area (Å²) in [5, 5.41) is 17.4. The monoisotopic (exact) mass is 534 g/mol. The molecule has 2 amide bonds. The summed E-state index contributed by atoms with van der Waals surface area (Å²) in [5.74, 6) is -1.11. The van der Waals surface area contributed by atoms with Crippen LogP contribution in [-0.2, 0) is 24.4 Å². The van der Waals surface area contributed by atoms with Crippen LogP contribution in [0, 0.1) is 5.82 Å². The minimum Gasteiger partial charge on any atom is -0.387 e. The second-order valence-corrected chi connectivity index (χ2v) is 10.3. The Balaban J connectivity index is 1.47. The third-order valence-electron chi connectivity index (χ3n) is 6.73. The molecule has 2 N–H and O–H groups in total. The molecule has 1 aliphatic rings. The van der Waals surface area contributed by atoms with E-state index in [9.17, 15) is 23.9 Å². The van der Waals surface area contributed by atoms with Crippen molar-refractivity contribution in [3.8, 4) is 0 Å². The summed E-state index contributed by atoms with van der Waals surface area (Å²) in [6, 6.07) is 11.2. The number of carbonyl (C=O) groups is 2. The molecule has 2 aromatic carbocycles. The first-order valence-corrected chi connectivity index (χ1v) is 13.0. The van der Waals surface area contributed by atoms with Crippen LogP contribution < -0.4 is 15.6 Å². The predicted molar refractivity (Wildman–Crippen MR) is 145 cm³/mol.